The van der Waals surface area contributed by atoms with Crippen LogP contribution in [0.25, 0.3) is 0 Å². The molecule has 0 unspecified atom stereocenters. The lowest BCUT2D eigenvalue weighted by Gasteiger charge is -2.37. The van der Waals surface area contributed by atoms with Gasteiger partial charge < -0.3 is 4.74 Å². The summed E-state index contributed by atoms with van der Waals surface area (Å²) in [5, 5.41) is 1.24. The predicted molar refractivity (Wildman–Crippen MR) is 143 cm³/mol. The molecule has 35 heavy (non-hydrogen) atoms. The van der Waals surface area contributed by atoms with Crippen molar-refractivity contribution in [3.05, 3.63) is 113 Å². The average Bonchev–Trinajstić information content (AvgIpc) is 3.18. The highest BCUT2D eigenvalue weighted by Gasteiger charge is 2.59. The molecule has 0 radical (unpaired) electrons. The maximum atomic E-state index is 13.6. The number of hydrogen-bond acceptors (Lipinski definition) is 3. The molecule has 0 spiro atoms. The topological polar surface area (TPSA) is 46.6 Å². The van der Waals surface area contributed by atoms with Gasteiger partial charge in [-0.3, -0.25) is 4.79 Å². The number of amides is 2. The summed E-state index contributed by atoms with van der Waals surface area (Å²) < 4.78 is 6.20. The summed E-state index contributed by atoms with van der Waals surface area (Å²) in [6.45, 7) is 10.5. The summed E-state index contributed by atoms with van der Waals surface area (Å²) >= 11 is 0. The lowest BCUT2D eigenvalue weighted by atomic mass is 9.75. The van der Waals surface area contributed by atoms with Crippen LogP contribution in [-0.2, 0) is 15.1 Å². The van der Waals surface area contributed by atoms with E-state index in [9.17, 15) is 9.59 Å². The standard InChI is InChI=1S/C30H33NO3Si/c1-22(2)28-30(24-12-8-6-9-13-24,25-14-10-7-11-15-25)34-29(33)31(28)27(32)20-21-35(4,5)26-18-16-23(3)17-19-26/h6-22,28H,1-5H3/b21-20+/t28-/m0/s1. The Bertz CT molecular complexity index is 1180. The molecule has 0 bridgehead atoms. The quantitative estimate of drug-likeness (QED) is 0.321. The molecule has 4 nitrogen and oxygen atoms in total. The lowest BCUT2D eigenvalue weighted by molar-refractivity contribution is -0.125. The minimum absolute atomic E-state index is 0.0402. The molecule has 0 aromatic heterocycles. The fourth-order valence-electron chi connectivity index (χ4n) is 4.97. The van der Waals surface area contributed by atoms with Gasteiger partial charge in [0, 0.05) is 11.1 Å². The third kappa shape index (κ3) is 4.61. The number of cyclic esters (lactones) is 1. The van der Waals surface area contributed by atoms with Gasteiger partial charge in [0.25, 0.3) is 5.91 Å². The van der Waals surface area contributed by atoms with Gasteiger partial charge in [-0.1, -0.05) is 128 Å². The summed E-state index contributed by atoms with van der Waals surface area (Å²) in [5.41, 5.74) is 3.84. The normalized spacial score (nSPS) is 17.7. The Labute approximate surface area is 209 Å². The van der Waals surface area contributed by atoms with Crippen molar-refractivity contribution >= 4 is 25.3 Å². The van der Waals surface area contributed by atoms with Crippen molar-refractivity contribution in [2.75, 3.05) is 0 Å². The SMILES string of the molecule is Cc1ccc([Si](C)(C)/C=C/C(=O)N2C(=O)OC(c3ccccc3)(c3ccccc3)[C@@H]2C(C)C)cc1. The first-order chi connectivity index (χ1) is 16.7. The van der Waals surface area contributed by atoms with E-state index in [1.807, 2.05) is 80.2 Å². The highest BCUT2D eigenvalue weighted by atomic mass is 28.3. The number of carbonyl (C=O) groups excluding carboxylic acids is 2. The highest BCUT2D eigenvalue weighted by molar-refractivity contribution is 6.94. The summed E-state index contributed by atoms with van der Waals surface area (Å²) in [4.78, 5) is 28.3. The van der Waals surface area contributed by atoms with Gasteiger partial charge in [0.15, 0.2) is 5.60 Å². The average molecular weight is 484 g/mol. The minimum Gasteiger partial charge on any atom is -0.430 e. The lowest BCUT2D eigenvalue weighted by Crippen LogP contribution is -2.49. The molecular weight excluding hydrogens is 450 g/mol. The van der Waals surface area contributed by atoms with E-state index < -0.39 is 25.8 Å². The minimum atomic E-state index is -2.03. The van der Waals surface area contributed by atoms with Crippen LogP contribution in [0.1, 0.15) is 30.5 Å². The van der Waals surface area contributed by atoms with Crippen molar-refractivity contribution in [2.24, 2.45) is 5.92 Å². The van der Waals surface area contributed by atoms with E-state index >= 15 is 0 Å². The molecule has 180 valence electrons. The first kappa shape index (κ1) is 24.7. The maximum absolute atomic E-state index is 13.6. The number of carbonyl (C=O) groups is 2. The Morgan fingerprint density at radius 1 is 0.914 bits per heavy atom. The number of aryl methyl sites for hydroxylation is 1. The molecule has 0 saturated carbocycles. The Hall–Kier alpha value is -3.44. The van der Waals surface area contributed by atoms with Gasteiger partial charge in [-0.25, -0.2) is 9.69 Å². The van der Waals surface area contributed by atoms with Crippen molar-refractivity contribution < 1.29 is 14.3 Å². The van der Waals surface area contributed by atoms with E-state index in [1.54, 1.807) is 6.08 Å². The molecule has 5 heteroatoms. The van der Waals surface area contributed by atoms with Crippen molar-refractivity contribution in [1.29, 1.82) is 0 Å². The molecule has 4 rings (SSSR count). The van der Waals surface area contributed by atoms with Gasteiger partial charge in [0.2, 0.25) is 0 Å². The van der Waals surface area contributed by atoms with E-state index in [0.717, 1.165) is 11.1 Å². The number of imide groups is 1. The summed E-state index contributed by atoms with van der Waals surface area (Å²) in [6.07, 6.45) is 0.968. The van der Waals surface area contributed by atoms with Crippen LogP contribution in [-0.4, -0.2) is 31.0 Å². The zero-order valence-electron chi connectivity index (χ0n) is 21.1. The molecule has 2 amide bonds. The molecule has 0 N–H and O–H groups in total. The second-order valence-electron chi connectivity index (χ2n) is 10.2. The van der Waals surface area contributed by atoms with E-state index in [1.165, 1.54) is 15.7 Å². The molecule has 1 heterocycles. The van der Waals surface area contributed by atoms with Crippen molar-refractivity contribution in [3.63, 3.8) is 0 Å². The van der Waals surface area contributed by atoms with Gasteiger partial charge in [0.05, 0.1) is 6.04 Å². The van der Waals surface area contributed by atoms with Crippen LogP contribution in [0.15, 0.2) is 96.7 Å². The molecule has 0 aliphatic carbocycles. The number of benzene rings is 3. The Morgan fingerprint density at radius 3 is 1.91 bits per heavy atom. The first-order valence-corrected chi connectivity index (χ1v) is 15.2. The maximum Gasteiger partial charge on any atom is 0.418 e. The number of nitrogens with zero attached hydrogens (tertiary/aromatic N) is 1. The van der Waals surface area contributed by atoms with E-state index in [-0.39, 0.29) is 11.8 Å². The molecule has 1 aliphatic heterocycles. The second kappa shape index (κ2) is 9.66. The first-order valence-electron chi connectivity index (χ1n) is 12.1. The fourth-order valence-corrected chi connectivity index (χ4v) is 6.75. The number of rotatable bonds is 6. The third-order valence-electron chi connectivity index (χ3n) is 6.85. The Kier molecular flexibility index (Phi) is 6.81. The molecular formula is C30H33NO3Si. The van der Waals surface area contributed by atoms with E-state index in [2.05, 4.69) is 44.3 Å². The summed E-state index contributed by atoms with van der Waals surface area (Å²) in [7, 11) is -2.03. The van der Waals surface area contributed by atoms with Crippen LogP contribution in [0.5, 0.6) is 0 Å². The van der Waals surface area contributed by atoms with Crippen molar-refractivity contribution in [2.45, 2.75) is 45.5 Å². The molecule has 1 fully saturated rings. The monoisotopic (exact) mass is 483 g/mol. The Morgan fingerprint density at radius 2 is 1.43 bits per heavy atom. The van der Waals surface area contributed by atoms with Crippen LogP contribution in [0, 0.1) is 12.8 Å². The molecule has 3 aromatic carbocycles. The second-order valence-corrected chi connectivity index (χ2v) is 14.5. The third-order valence-corrected chi connectivity index (χ3v) is 9.67. The zero-order valence-corrected chi connectivity index (χ0v) is 22.1. The summed E-state index contributed by atoms with van der Waals surface area (Å²) in [5.74, 6) is -0.378. The van der Waals surface area contributed by atoms with E-state index in [0.29, 0.717) is 0 Å². The van der Waals surface area contributed by atoms with Crippen LogP contribution < -0.4 is 5.19 Å². The van der Waals surface area contributed by atoms with Crippen LogP contribution in [0.2, 0.25) is 13.1 Å². The van der Waals surface area contributed by atoms with E-state index in [4.69, 9.17) is 4.74 Å². The van der Waals surface area contributed by atoms with Crippen LogP contribution >= 0.6 is 0 Å². The van der Waals surface area contributed by atoms with Crippen LogP contribution in [0.4, 0.5) is 4.79 Å². The number of ether oxygens (including phenoxy) is 1. The van der Waals surface area contributed by atoms with Gasteiger partial charge >= 0.3 is 6.09 Å². The smallest absolute Gasteiger partial charge is 0.418 e. The van der Waals surface area contributed by atoms with Gasteiger partial charge in [-0.2, -0.15) is 0 Å². The van der Waals surface area contributed by atoms with Crippen molar-refractivity contribution in [3.8, 4) is 0 Å². The molecule has 1 aliphatic rings. The molecule has 1 atom stereocenters. The fraction of sp³-hybridized carbons (Fsp3) is 0.267. The number of hydrogen-bond donors (Lipinski definition) is 0. The Balaban J connectivity index is 1.75. The van der Waals surface area contributed by atoms with Crippen LogP contribution in [0.3, 0.4) is 0 Å². The van der Waals surface area contributed by atoms with Crippen molar-refractivity contribution in [1.82, 2.24) is 4.90 Å². The largest absolute Gasteiger partial charge is 0.430 e. The molecule has 3 aromatic rings. The van der Waals surface area contributed by atoms with Gasteiger partial charge in [-0.05, 0) is 18.9 Å². The molecule has 1 saturated heterocycles. The highest BCUT2D eigenvalue weighted by Crippen LogP contribution is 2.47. The predicted octanol–water partition coefficient (Wildman–Crippen LogP) is 5.95. The summed E-state index contributed by atoms with van der Waals surface area (Å²) in [6, 6.07) is 27.4. The van der Waals surface area contributed by atoms with Gasteiger partial charge in [-0.15, -0.1) is 0 Å². The van der Waals surface area contributed by atoms with Gasteiger partial charge in [0.1, 0.15) is 8.07 Å². The zero-order chi connectivity index (χ0) is 25.2.